The molecule has 0 radical (unpaired) electrons. The van der Waals surface area contributed by atoms with Gasteiger partial charge >= 0.3 is 0 Å². The molecule has 1 nitrogen and oxygen atoms in total. The molecule has 2 heteroatoms. The maximum Gasteiger partial charge on any atom is 0.201 e. The predicted molar refractivity (Wildman–Crippen MR) is 86.8 cm³/mol. The first kappa shape index (κ1) is 14.0. The summed E-state index contributed by atoms with van der Waals surface area (Å²) in [6.45, 7) is 5.12. The molecule has 1 atom stereocenters. The minimum atomic E-state index is 0.0842. The van der Waals surface area contributed by atoms with Gasteiger partial charge in [-0.25, -0.2) is 0 Å². The molecule has 0 saturated carbocycles. The summed E-state index contributed by atoms with van der Waals surface area (Å²) in [5, 5.41) is 3.79. The zero-order valence-corrected chi connectivity index (χ0v) is 12.1. The fraction of sp³-hybridized carbons (Fsp3) is 0.412. The van der Waals surface area contributed by atoms with E-state index in [9.17, 15) is 0 Å². The van der Waals surface area contributed by atoms with E-state index in [1.807, 2.05) is 0 Å². The molecule has 0 aromatic heterocycles. The Balaban J connectivity index is 2.25. The number of hydrogen-bond donors (Lipinski definition) is 1. The largest absolute Gasteiger partial charge is 0.383 e. The van der Waals surface area contributed by atoms with E-state index >= 15 is 0 Å². The van der Waals surface area contributed by atoms with E-state index in [0.717, 1.165) is 0 Å². The summed E-state index contributed by atoms with van der Waals surface area (Å²) in [5.41, 5.74) is 1.30. The molecule has 1 heterocycles. The second-order valence-corrected chi connectivity index (χ2v) is 5.42. The molecule has 2 rings (SSSR count). The van der Waals surface area contributed by atoms with Crippen molar-refractivity contribution in [1.29, 1.82) is 0 Å². The number of hydrogen-bond acceptors (Lipinski definition) is 1. The summed E-state index contributed by atoms with van der Waals surface area (Å²) < 4.78 is 0. The first-order valence-electron chi connectivity index (χ1n) is 7.50. The van der Waals surface area contributed by atoms with Crippen LogP contribution in [0.4, 0.5) is 5.69 Å². The van der Waals surface area contributed by atoms with Crippen LogP contribution in [-0.2, 0) is 0 Å². The fourth-order valence-corrected chi connectivity index (χ4v) is 3.06. The van der Waals surface area contributed by atoms with Crippen LogP contribution in [0, 0.1) is 0 Å². The minimum absolute atomic E-state index is 0.0842. The van der Waals surface area contributed by atoms with Gasteiger partial charge in [0, 0.05) is 11.1 Å². The van der Waals surface area contributed by atoms with Crippen LogP contribution in [0.5, 0.6) is 0 Å². The molecule has 1 aliphatic rings. The topological polar surface area (TPSA) is 12.0 Å². The molecule has 0 amide bonds. The van der Waals surface area contributed by atoms with Crippen LogP contribution in [0.3, 0.4) is 0 Å². The molecule has 1 N–H and O–H groups in total. The highest BCUT2D eigenvalue weighted by molar-refractivity contribution is 6.69. The van der Waals surface area contributed by atoms with Gasteiger partial charge in [-0.2, -0.15) is 0 Å². The van der Waals surface area contributed by atoms with E-state index in [1.165, 1.54) is 31.3 Å². The number of benzene rings is 1. The van der Waals surface area contributed by atoms with Crippen molar-refractivity contribution >= 4 is 12.4 Å². The lowest BCUT2D eigenvalue weighted by atomic mass is 9.32. The lowest BCUT2D eigenvalue weighted by Crippen LogP contribution is -2.51. The Kier molecular flexibility index (Phi) is 4.89. The van der Waals surface area contributed by atoms with Crippen LogP contribution in [0.25, 0.3) is 0 Å². The van der Waals surface area contributed by atoms with Gasteiger partial charge in [0.15, 0.2) is 0 Å². The van der Waals surface area contributed by atoms with E-state index < -0.39 is 0 Å². The lowest BCUT2D eigenvalue weighted by molar-refractivity contribution is 0.661. The van der Waals surface area contributed by atoms with Gasteiger partial charge in [0.05, 0.1) is 0 Å². The van der Waals surface area contributed by atoms with Crippen molar-refractivity contribution in [3.63, 3.8) is 0 Å². The van der Waals surface area contributed by atoms with Crippen molar-refractivity contribution in [3.05, 3.63) is 54.5 Å². The molecule has 1 unspecified atom stereocenters. The van der Waals surface area contributed by atoms with Crippen LogP contribution in [0.1, 0.15) is 33.1 Å². The monoisotopic (exact) mass is 253 g/mol. The Hall–Kier alpha value is -1.44. The van der Waals surface area contributed by atoms with Gasteiger partial charge < -0.3 is 5.32 Å². The molecule has 1 aromatic rings. The SMILES string of the molecule is CCCB1C=CC=CC1(CCC)Nc1ccccc1. The maximum atomic E-state index is 3.79. The smallest absolute Gasteiger partial charge is 0.201 e. The molecule has 100 valence electrons. The quantitative estimate of drug-likeness (QED) is 0.721. The minimum Gasteiger partial charge on any atom is -0.383 e. The van der Waals surface area contributed by atoms with Gasteiger partial charge in [-0.3, -0.25) is 0 Å². The summed E-state index contributed by atoms with van der Waals surface area (Å²) >= 11 is 0. The van der Waals surface area contributed by atoms with E-state index in [0.29, 0.717) is 6.71 Å². The molecular weight excluding hydrogens is 229 g/mol. The van der Waals surface area contributed by atoms with Crippen molar-refractivity contribution in [2.45, 2.75) is 44.9 Å². The summed E-state index contributed by atoms with van der Waals surface area (Å²) in [7, 11) is 0. The zero-order valence-electron chi connectivity index (χ0n) is 12.1. The second kappa shape index (κ2) is 6.65. The highest BCUT2D eigenvalue weighted by Crippen LogP contribution is 2.30. The van der Waals surface area contributed by atoms with Crippen molar-refractivity contribution in [2.75, 3.05) is 5.32 Å². The Morgan fingerprint density at radius 3 is 2.53 bits per heavy atom. The molecule has 19 heavy (non-hydrogen) atoms. The second-order valence-electron chi connectivity index (χ2n) is 5.42. The maximum absolute atomic E-state index is 3.79. The molecule has 0 bridgehead atoms. The first-order chi connectivity index (χ1) is 9.30. The van der Waals surface area contributed by atoms with Crippen LogP contribution in [-0.4, -0.2) is 12.2 Å². The standard InChI is InChI=1S/C17H24BN/c1-3-12-17(19-16-10-6-5-7-11-16)13-8-9-15-18(17)14-4-2/h5-11,13,15,19H,3-4,12,14H2,1-2H3. The number of anilines is 1. The third kappa shape index (κ3) is 3.31. The third-order valence-electron chi connectivity index (χ3n) is 3.92. The molecule has 0 aliphatic carbocycles. The van der Waals surface area contributed by atoms with E-state index in [-0.39, 0.29) is 5.44 Å². The summed E-state index contributed by atoms with van der Waals surface area (Å²) in [6.07, 6.45) is 11.6. The van der Waals surface area contributed by atoms with Gasteiger partial charge in [-0.1, -0.05) is 69.4 Å². The van der Waals surface area contributed by atoms with Crippen LogP contribution in [0.15, 0.2) is 54.5 Å². The average molecular weight is 253 g/mol. The molecule has 0 saturated heterocycles. The number of rotatable bonds is 6. The van der Waals surface area contributed by atoms with E-state index in [2.05, 4.69) is 73.7 Å². The summed E-state index contributed by atoms with van der Waals surface area (Å²) in [5.74, 6) is 2.37. The van der Waals surface area contributed by atoms with Crippen LogP contribution < -0.4 is 5.32 Å². The van der Waals surface area contributed by atoms with Crippen molar-refractivity contribution in [1.82, 2.24) is 0 Å². The summed E-state index contributed by atoms with van der Waals surface area (Å²) in [4.78, 5) is 0. The van der Waals surface area contributed by atoms with Gasteiger partial charge in [0.1, 0.15) is 0 Å². The van der Waals surface area contributed by atoms with Gasteiger partial charge in [-0.15, -0.1) is 5.98 Å². The third-order valence-corrected chi connectivity index (χ3v) is 3.92. The normalized spacial score (nSPS) is 21.7. The highest BCUT2D eigenvalue weighted by atomic mass is 15.0. The molecule has 0 fully saturated rings. The Bertz CT molecular complexity index is 438. The van der Waals surface area contributed by atoms with Crippen LogP contribution >= 0.6 is 0 Å². The lowest BCUT2D eigenvalue weighted by Gasteiger charge is -2.39. The van der Waals surface area contributed by atoms with Crippen molar-refractivity contribution < 1.29 is 0 Å². The predicted octanol–water partition coefficient (Wildman–Crippen LogP) is 4.75. The van der Waals surface area contributed by atoms with Crippen molar-refractivity contribution in [3.8, 4) is 0 Å². The van der Waals surface area contributed by atoms with Gasteiger partial charge in [0.25, 0.3) is 0 Å². The summed E-state index contributed by atoms with van der Waals surface area (Å²) in [6, 6.07) is 10.6. The van der Waals surface area contributed by atoms with Gasteiger partial charge in [-0.05, 0) is 18.6 Å². The number of allylic oxidation sites excluding steroid dienone is 2. The van der Waals surface area contributed by atoms with Crippen molar-refractivity contribution in [2.24, 2.45) is 0 Å². The molecule has 0 spiro atoms. The van der Waals surface area contributed by atoms with Crippen LogP contribution in [0.2, 0.25) is 6.32 Å². The van der Waals surface area contributed by atoms with E-state index in [1.54, 1.807) is 0 Å². The molecular formula is C17H24BN. The average Bonchev–Trinajstić information content (AvgIpc) is 2.43. The molecule has 1 aromatic carbocycles. The first-order valence-corrected chi connectivity index (χ1v) is 7.50. The van der Waals surface area contributed by atoms with Gasteiger partial charge in [0.2, 0.25) is 6.71 Å². The molecule has 1 aliphatic heterocycles. The zero-order chi connectivity index (χ0) is 13.6. The Morgan fingerprint density at radius 1 is 1.05 bits per heavy atom. The highest BCUT2D eigenvalue weighted by Gasteiger charge is 2.37. The number of nitrogens with one attached hydrogen (secondary N) is 1. The fourth-order valence-electron chi connectivity index (χ4n) is 3.06. The number of para-hydroxylation sites is 1. The Labute approximate surface area is 117 Å². The van der Waals surface area contributed by atoms with E-state index in [4.69, 9.17) is 0 Å². The Morgan fingerprint density at radius 2 is 1.84 bits per heavy atom.